The van der Waals surface area contributed by atoms with Crippen molar-refractivity contribution in [1.82, 2.24) is 0 Å². The maximum Gasteiger partial charge on any atom is 0.311 e. The van der Waals surface area contributed by atoms with E-state index in [0.29, 0.717) is 18.8 Å². The Morgan fingerprint density at radius 2 is 1.83 bits per heavy atom. The van der Waals surface area contributed by atoms with Crippen molar-refractivity contribution in [3.05, 3.63) is 0 Å². The second-order valence-corrected chi connectivity index (χ2v) is 8.35. The summed E-state index contributed by atoms with van der Waals surface area (Å²) in [6.07, 6.45) is 4.51. The van der Waals surface area contributed by atoms with Gasteiger partial charge in [0.15, 0.2) is 0 Å². The molecule has 0 aromatic rings. The predicted molar refractivity (Wildman–Crippen MR) is 86.9 cm³/mol. The molecule has 3 rings (SSSR count). The summed E-state index contributed by atoms with van der Waals surface area (Å²) < 4.78 is 10.2. The topological polar surface area (TPSA) is 69.7 Å². The molecular formula is C19H28O5. The summed E-state index contributed by atoms with van der Waals surface area (Å²) >= 11 is 0. The van der Waals surface area contributed by atoms with Crippen molar-refractivity contribution in [2.75, 3.05) is 14.2 Å². The van der Waals surface area contributed by atoms with E-state index in [2.05, 4.69) is 6.92 Å². The quantitative estimate of drug-likeness (QED) is 0.725. The number of carbonyl (C=O) groups excluding carboxylic acids is 3. The van der Waals surface area contributed by atoms with Crippen molar-refractivity contribution in [1.29, 1.82) is 0 Å². The molecule has 0 aromatic heterocycles. The average Bonchev–Trinajstić information content (AvgIpc) is 2.83. The summed E-state index contributed by atoms with van der Waals surface area (Å²) in [7, 11) is 2.81. The third-order valence-electron chi connectivity index (χ3n) is 7.32. The van der Waals surface area contributed by atoms with Gasteiger partial charge in [-0.05, 0) is 49.4 Å². The molecule has 0 spiro atoms. The maximum absolute atomic E-state index is 12.7. The van der Waals surface area contributed by atoms with E-state index >= 15 is 0 Å². The molecule has 0 N–H and O–H groups in total. The Morgan fingerprint density at radius 3 is 2.46 bits per heavy atom. The van der Waals surface area contributed by atoms with E-state index in [9.17, 15) is 14.4 Å². The van der Waals surface area contributed by atoms with E-state index in [0.717, 1.165) is 25.7 Å². The SMILES string of the molecule is COC(=O)[C@H]1C2CC(=O)CCC2[C@]2(C)CCC[C@@](C)(C(=O)OC)[C@@H]12. The second kappa shape index (κ2) is 5.85. The molecule has 24 heavy (non-hydrogen) atoms. The van der Waals surface area contributed by atoms with Crippen molar-refractivity contribution in [3.63, 3.8) is 0 Å². The first kappa shape index (κ1) is 17.4. The van der Waals surface area contributed by atoms with E-state index in [-0.39, 0.29) is 35.0 Å². The number of Topliss-reactive ketones (excluding diaryl/α,β-unsaturated/α-hetero) is 1. The van der Waals surface area contributed by atoms with Crippen LogP contribution in [-0.4, -0.2) is 31.9 Å². The van der Waals surface area contributed by atoms with Gasteiger partial charge in [0.25, 0.3) is 0 Å². The highest BCUT2D eigenvalue weighted by Gasteiger charge is 2.68. The van der Waals surface area contributed by atoms with Gasteiger partial charge in [-0.3, -0.25) is 14.4 Å². The van der Waals surface area contributed by atoms with Crippen molar-refractivity contribution in [2.24, 2.45) is 34.5 Å². The van der Waals surface area contributed by atoms with Crippen LogP contribution in [-0.2, 0) is 23.9 Å². The summed E-state index contributed by atoms with van der Waals surface area (Å²) in [4.78, 5) is 37.4. The van der Waals surface area contributed by atoms with Crippen molar-refractivity contribution in [3.8, 4) is 0 Å². The molecule has 0 saturated heterocycles. The molecule has 0 radical (unpaired) electrons. The van der Waals surface area contributed by atoms with E-state index in [1.807, 2.05) is 6.92 Å². The number of fused-ring (bicyclic) bond motifs is 3. The Labute approximate surface area is 143 Å². The molecule has 3 saturated carbocycles. The monoisotopic (exact) mass is 336 g/mol. The van der Waals surface area contributed by atoms with Gasteiger partial charge in [0.2, 0.25) is 0 Å². The lowest BCUT2D eigenvalue weighted by Crippen LogP contribution is -2.51. The fraction of sp³-hybridized carbons (Fsp3) is 0.842. The standard InChI is InChI=1S/C19H28O5/c1-18-8-5-9-19(2,17(22)24-4)15(18)14(16(21)23-3)12-10-11(20)6-7-13(12)18/h12-15H,5-10H2,1-4H3/t12?,13?,14-,15-,18-,19+/m0/s1. The highest BCUT2D eigenvalue weighted by molar-refractivity contribution is 5.84. The Bertz CT molecular complexity index is 570. The molecule has 0 bridgehead atoms. The summed E-state index contributed by atoms with van der Waals surface area (Å²) in [6, 6.07) is 0. The van der Waals surface area contributed by atoms with Crippen LogP contribution in [0.1, 0.15) is 52.4 Å². The van der Waals surface area contributed by atoms with Gasteiger partial charge < -0.3 is 9.47 Å². The molecular weight excluding hydrogens is 308 g/mol. The molecule has 134 valence electrons. The van der Waals surface area contributed by atoms with Gasteiger partial charge in [-0.1, -0.05) is 13.3 Å². The van der Waals surface area contributed by atoms with Gasteiger partial charge in [-0.25, -0.2) is 0 Å². The van der Waals surface area contributed by atoms with Crippen LogP contribution in [0.25, 0.3) is 0 Å². The number of ether oxygens (including phenoxy) is 2. The van der Waals surface area contributed by atoms with Crippen LogP contribution in [0.2, 0.25) is 0 Å². The number of methoxy groups -OCH3 is 2. The van der Waals surface area contributed by atoms with E-state index in [1.165, 1.54) is 14.2 Å². The van der Waals surface area contributed by atoms with Gasteiger partial charge in [0.1, 0.15) is 5.78 Å². The Morgan fingerprint density at radius 1 is 1.12 bits per heavy atom. The minimum Gasteiger partial charge on any atom is -0.469 e. The molecule has 0 aromatic carbocycles. The summed E-state index contributed by atoms with van der Waals surface area (Å²) in [5, 5.41) is 0. The van der Waals surface area contributed by atoms with Crippen LogP contribution < -0.4 is 0 Å². The van der Waals surface area contributed by atoms with E-state index < -0.39 is 11.3 Å². The van der Waals surface area contributed by atoms with Crippen molar-refractivity contribution < 1.29 is 23.9 Å². The first-order valence-electron chi connectivity index (χ1n) is 8.97. The molecule has 6 atom stereocenters. The third-order valence-corrected chi connectivity index (χ3v) is 7.32. The third kappa shape index (κ3) is 2.23. The number of hydrogen-bond acceptors (Lipinski definition) is 5. The number of carbonyl (C=O) groups is 3. The van der Waals surface area contributed by atoms with Gasteiger partial charge in [0, 0.05) is 12.8 Å². The molecule has 3 aliphatic rings. The maximum atomic E-state index is 12.7. The largest absolute Gasteiger partial charge is 0.469 e. The minimum atomic E-state index is -0.693. The van der Waals surface area contributed by atoms with Crippen LogP contribution in [0.5, 0.6) is 0 Å². The van der Waals surface area contributed by atoms with Crippen LogP contribution in [0.15, 0.2) is 0 Å². The minimum absolute atomic E-state index is 0.00391. The number of ketones is 1. The molecule has 2 unspecified atom stereocenters. The lowest BCUT2D eigenvalue weighted by molar-refractivity contribution is -0.169. The lowest BCUT2D eigenvalue weighted by Gasteiger charge is -2.50. The van der Waals surface area contributed by atoms with Crippen LogP contribution in [0.3, 0.4) is 0 Å². The Hall–Kier alpha value is -1.39. The zero-order valence-corrected chi connectivity index (χ0v) is 15.1. The molecule has 3 aliphatic carbocycles. The molecule has 0 aliphatic heterocycles. The molecule has 5 heteroatoms. The summed E-state index contributed by atoms with van der Waals surface area (Å²) in [6.45, 7) is 4.16. The molecule has 0 amide bonds. The van der Waals surface area contributed by atoms with Crippen molar-refractivity contribution in [2.45, 2.75) is 52.4 Å². The fourth-order valence-corrected chi connectivity index (χ4v) is 6.49. The zero-order chi connectivity index (χ0) is 17.7. The predicted octanol–water partition coefficient (Wildman–Crippen LogP) is 2.76. The number of esters is 2. The van der Waals surface area contributed by atoms with Crippen LogP contribution in [0, 0.1) is 34.5 Å². The van der Waals surface area contributed by atoms with Gasteiger partial charge in [-0.15, -0.1) is 0 Å². The van der Waals surface area contributed by atoms with Crippen LogP contribution >= 0.6 is 0 Å². The summed E-state index contributed by atoms with van der Waals surface area (Å²) in [5.74, 6) is -0.502. The molecule has 3 fully saturated rings. The first-order chi connectivity index (χ1) is 11.3. The summed E-state index contributed by atoms with van der Waals surface area (Å²) in [5.41, 5.74) is -0.813. The van der Waals surface area contributed by atoms with E-state index in [1.54, 1.807) is 0 Å². The number of hydrogen-bond donors (Lipinski definition) is 0. The smallest absolute Gasteiger partial charge is 0.311 e. The van der Waals surface area contributed by atoms with Gasteiger partial charge in [-0.2, -0.15) is 0 Å². The Kier molecular flexibility index (Phi) is 4.25. The van der Waals surface area contributed by atoms with Crippen molar-refractivity contribution >= 4 is 17.7 Å². The highest BCUT2D eigenvalue weighted by atomic mass is 16.5. The Balaban J connectivity index is 2.12. The van der Waals surface area contributed by atoms with Gasteiger partial charge >= 0.3 is 11.9 Å². The molecule has 5 nitrogen and oxygen atoms in total. The zero-order valence-electron chi connectivity index (χ0n) is 15.1. The van der Waals surface area contributed by atoms with Crippen LogP contribution in [0.4, 0.5) is 0 Å². The first-order valence-corrected chi connectivity index (χ1v) is 8.97. The molecule has 0 heterocycles. The normalized spacial score (nSPS) is 44.4. The lowest BCUT2D eigenvalue weighted by atomic mass is 9.53. The van der Waals surface area contributed by atoms with Gasteiger partial charge in [0.05, 0.1) is 25.6 Å². The fourth-order valence-electron chi connectivity index (χ4n) is 6.49. The van der Waals surface area contributed by atoms with E-state index in [4.69, 9.17) is 9.47 Å². The highest BCUT2D eigenvalue weighted by Crippen LogP contribution is 2.68. The second-order valence-electron chi connectivity index (χ2n) is 8.35. The number of rotatable bonds is 2. The average molecular weight is 336 g/mol.